The number of para-hydroxylation sites is 2. The van der Waals surface area contributed by atoms with Crippen LogP contribution in [0.2, 0.25) is 0 Å². The lowest BCUT2D eigenvalue weighted by molar-refractivity contribution is -0.119. The minimum atomic E-state index is -0.729. The average Bonchev–Trinajstić information content (AvgIpc) is 2.85. The van der Waals surface area contributed by atoms with Gasteiger partial charge in [-0.25, -0.2) is 0 Å². The van der Waals surface area contributed by atoms with Crippen molar-refractivity contribution in [2.75, 3.05) is 0 Å². The molecule has 0 saturated carbocycles. The van der Waals surface area contributed by atoms with Crippen molar-refractivity contribution in [1.82, 2.24) is 0 Å². The molecule has 0 saturated heterocycles. The Hall–Kier alpha value is -4.25. The quantitative estimate of drug-likeness (QED) is 0.342. The molecule has 1 aliphatic heterocycles. The summed E-state index contributed by atoms with van der Waals surface area (Å²) in [5.41, 5.74) is 3.10. The highest BCUT2D eigenvalue weighted by atomic mass is 16.5. The molecule has 3 N–H and O–H groups in total. The van der Waals surface area contributed by atoms with Crippen molar-refractivity contribution in [3.63, 3.8) is 0 Å². The smallest absolute Gasteiger partial charge is 0.145 e. The largest absolute Gasteiger partial charge is 0.508 e. The van der Waals surface area contributed by atoms with E-state index in [4.69, 9.17) is 4.74 Å². The van der Waals surface area contributed by atoms with E-state index in [-0.39, 0.29) is 41.6 Å². The highest BCUT2D eigenvalue weighted by Crippen LogP contribution is 2.52. The number of phenolic OH excluding ortho intramolecular Hbond substituents is 3. The van der Waals surface area contributed by atoms with E-state index in [0.717, 1.165) is 5.56 Å². The van der Waals surface area contributed by atoms with Crippen LogP contribution in [0.5, 0.6) is 28.7 Å². The maximum atomic E-state index is 13.6. The van der Waals surface area contributed by atoms with Gasteiger partial charge in [0.05, 0.1) is 11.5 Å². The van der Waals surface area contributed by atoms with Crippen molar-refractivity contribution < 1.29 is 24.9 Å². The Kier molecular flexibility index (Phi) is 5.68. The fraction of sp³-hybridized carbons (Fsp3) is 0.138. The van der Waals surface area contributed by atoms with Crippen molar-refractivity contribution in [3.05, 3.63) is 113 Å². The van der Waals surface area contributed by atoms with E-state index in [0.29, 0.717) is 34.4 Å². The molecule has 0 aromatic heterocycles. The number of Topliss-reactive ketones (excluding diaryl/α,β-unsaturated/α-hetero) is 1. The minimum absolute atomic E-state index is 0.0460. The van der Waals surface area contributed by atoms with Gasteiger partial charge in [-0.05, 0) is 29.7 Å². The standard InChI is InChI=1S/C29H24O5/c30-22-12-6-4-10-19(22)16-21-24(32)17-25(33)28-27(20-11-5-7-13-26(20)34-29(21)28)23(31)15-14-18-8-2-1-3-9-18/h1-13,17,27,30,32-33H,14-16H2. The molecule has 34 heavy (non-hydrogen) atoms. The number of ketones is 1. The molecule has 5 rings (SSSR count). The summed E-state index contributed by atoms with van der Waals surface area (Å²) in [6.45, 7) is 0. The molecule has 170 valence electrons. The number of hydrogen-bond donors (Lipinski definition) is 3. The van der Waals surface area contributed by atoms with E-state index in [1.54, 1.807) is 30.3 Å². The van der Waals surface area contributed by atoms with Gasteiger partial charge in [0.2, 0.25) is 0 Å². The van der Waals surface area contributed by atoms with Gasteiger partial charge in [-0.15, -0.1) is 0 Å². The highest BCUT2D eigenvalue weighted by molar-refractivity contribution is 5.93. The Morgan fingerprint density at radius 2 is 1.50 bits per heavy atom. The van der Waals surface area contributed by atoms with Crippen molar-refractivity contribution in [1.29, 1.82) is 0 Å². The molecule has 0 spiro atoms. The zero-order chi connectivity index (χ0) is 23.7. The summed E-state index contributed by atoms with van der Waals surface area (Å²) in [4.78, 5) is 13.6. The van der Waals surface area contributed by atoms with Crippen molar-refractivity contribution in [2.24, 2.45) is 0 Å². The van der Waals surface area contributed by atoms with E-state index in [9.17, 15) is 20.1 Å². The van der Waals surface area contributed by atoms with Crippen molar-refractivity contribution >= 4 is 5.78 Å². The Balaban J connectivity index is 1.59. The molecule has 0 fully saturated rings. The Labute approximate surface area is 197 Å². The topological polar surface area (TPSA) is 87.0 Å². The molecule has 1 heterocycles. The number of aromatic hydroxyl groups is 3. The molecule has 1 aliphatic rings. The van der Waals surface area contributed by atoms with Crippen LogP contribution in [0.1, 0.15) is 40.2 Å². The first kappa shape index (κ1) is 21.6. The molecule has 1 unspecified atom stereocenters. The van der Waals surface area contributed by atoms with Crippen LogP contribution in [-0.2, 0) is 17.6 Å². The third-order valence-corrected chi connectivity index (χ3v) is 6.29. The second-order valence-electron chi connectivity index (χ2n) is 8.47. The Bertz CT molecular complexity index is 1360. The Morgan fingerprint density at radius 3 is 2.29 bits per heavy atom. The number of carbonyl (C=O) groups is 1. The maximum Gasteiger partial charge on any atom is 0.145 e. The predicted octanol–water partition coefficient (Wildman–Crippen LogP) is 5.83. The van der Waals surface area contributed by atoms with Gasteiger partial charge in [0.1, 0.15) is 34.5 Å². The third kappa shape index (κ3) is 3.97. The van der Waals surface area contributed by atoms with Crippen LogP contribution in [0.3, 0.4) is 0 Å². The van der Waals surface area contributed by atoms with Crippen LogP contribution in [0.15, 0.2) is 84.9 Å². The molecule has 0 amide bonds. The molecular formula is C29H24O5. The maximum absolute atomic E-state index is 13.6. The van der Waals surface area contributed by atoms with Gasteiger partial charge < -0.3 is 20.1 Å². The molecule has 0 bridgehead atoms. The Morgan fingerprint density at radius 1 is 0.794 bits per heavy atom. The summed E-state index contributed by atoms with van der Waals surface area (Å²) in [6, 6.07) is 25.2. The normalized spacial score (nSPS) is 14.1. The average molecular weight is 453 g/mol. The summed E-state index contributed by atoms with van der Waals surface area (Å²) in [6.07, 6.45) is 1.05. The molecule has 4 aromatic rings. The summed E-state index contributed by atoms with van der Waals surface area (Å²) in [7, 11) is 0. The fourth-order valence-corrected chi connectivity index (χ4v) is 4.58. The number of carbonyl (C=O) groups excluding carboxylic acids is 1. The number of hydrogen-bond acceptors (Lipinski definition) is 5. The zero-order valence-electron chi connectivity index (χ0n) is 18.4. The van der Waals surface area contributed by atoms with Gasteiger partial charge in [-0.2, -0.15) is 0 Å². The monoisotopic (exact) mass is 452 g/mol. The second kappa shape index (κ2) is 8.94. The first-order valence-electron chi connectivity index (χ1n) is 11.2. The summed E-state index contributed by atoms with van der Waals surface area (Å²) < 4.78 is 6.17. The lowest BCUT2D eigenvalue weighted by Gasteiger charge is -2.30. The van der Waals surface area contributed by atoms with Crippen molar-refractivity contribution in [3.8, 4) is 28.7 Å². The van der Waals surface area contributed by atoms with Crippen LogP contribution in [0.4, 0.5) is 0 Å². The van der Waals surface area contributed by atoms with Gasteiger partial charge in [-0.1, -0.05) is 66.7 Å². The molecule has 1 atom stereocenters. The number of ether oxygens (including phenoxy) is 1. The van der Waals surface area contributed by atoms with Gasteiger partial charge >= 0.3 is 0 Å². The first-order valence-corrected chi connectivity index (χ1v) is 11.2. The number of fused-ring (bicyclic) bond motifs is 2. The van der Waals surface area contributed by atoms with Crippen LogP contribution in [-0.4, -0.2) is 21.1 Å². The molecule has 4 aromatic carbocycles. The lowest BCUT2D eigenvalue weighted by Crippen LogP contribution is -2.20. The van der Waals surface area contributed by atoms with Gasteiger partial charge in [0.15, 0.2) is 0 Å². The molecule has 0 aliphatic carbocycles. The first-order chi connectivity index (χ1) is 16.5. The van der Waals surface area contributed by atoms with Gasteiger partial charge in [0, 0.05) is 30.0 Å². The fourth-order valence-electron chi connectivity index (χ4n) is 4.58. The number of benzene rings is 4. The van der Waals surface area contributed by atoms with Crippen LogP contribution in [0.25, 0.3) is 0 Å². The van der Waals surface area contributed by atoms with Gasteiger partial charge in [0.25, 0.3) is 0 Å². The van der Waals surface area contributed by atoms with E-state index >= 15 is 0 Å². The van der Waals surface area contributed by atoms with Gasteiger partial charge in [-0.3, -0.25) is 4.79 Å². The van der Waals surface area contributed by atoms with Crippen LogP contribution in [0, 0.1) is 0 Å². The summed E-state index contributed by atoms with van der Waals surface area (Å²) in [5.74, 6) is -0.261. The van der Waals surface area contributed by atoms with Crippen LogP contribution >= 0.6 is 0 Å². The molecule has 0 radical (unpaired) electrons. The highest BCUT2D eigenvalue weighted by Gasteiger charge is 2.37. The van der Waals surface area contributed by atoms with Crippen LogP contribution < -0.4 is 4.74 Å². The van der Waals surface area contributed by atoms with E-state index in [1.165, 1.54) is 6.07 Å². The summed E-state index contributed by atoms with van der Waals surface area (Å²) in [5, 5.41) is 31.9. The third-order valence-electron chi connectivity index (χ3n) is 6.29. The summed E-state index contributed by atoms with van der Waals surface area (Å²) >= 11 is 0. The molecular weight excluding hydrogens is 428 g/mol. The molecule has 5 nitrogen and oxygen atoms in total. The second-order valence-corrected chi connectivity index (χ2v) is 8.47. The predicted molar refractivity (Wildman–Crippen MR) is 129 cm³/mol. The number of aryl methyl sites for hydroxylation is 1. The number of phenols is 3. The van der Waals surface area contributed by atoms with E-state index in [1.807, 2.05) is 48.5 Å². The number of rotatable bonds is 6. The van der Waals surface area contributed by atoms with E-state index in [2.05, 4.69) is 0 Å². The zero-order valence-corrected chi connectivity index (χ0v) is 18.4. The SMILES string of the molecule is O=C(CCc1ccccc1)C1c2ccccc2Oc2c(Cc3ccccc3O)c(O)cc(O)c21. The van der Waals surface area contributed by atoms with E-state index < -0.39 is 5.92 Å². The molecule has 5 heteroatoms. The van der Waals surface area contributed by atoms with Crippen molar-refractivity contribution in [2.45, 2.75) is 25.2 Å². The minimum Gasteiger partial charge on any atom is -0.508 e. The lowest BCUT2D eigenvalue weighted by atomic mass is 9.81.